The van der Waals surface area contributed by atoms with Crippen LogP contribution in [0.3, 0.4) is 0 Å². The SMILES string of the molecule is CCCCCCC(C)(C)c1ccc(OP(O)(=S)Nc2ccccc2)cc1. The number of para-hydroxylation sites is 1. The van der Waals surface area contributed by atoms with Crippen LogP contribution in [0.1, 0.15) is 58.4 Å². The summed E-state index contributed by atoms with van der Waals surface area (Å²) in [6.07, 6.45) is 6.27. The zero-order valence-corrected chi connectivity index (χ0v) is 17.7. The predicted molar refractivity (Wildman–Crippen MR) is 115 cm³/mol. The molecule has 1 atom stereocenters. The van der Waals surface area contributed by atoms with Crippen molar-refractivity contribution in [1.82, 2.24) is 0 Å². The third kappa shape index (κ3) is 6.75. The molecule has 2 rings (SSSR count). The third-order valence-corrected chi connectivity index (χ3v) is 6.06. The van der Waals surface area contributed by atoms with Gasteiger partial charge in [-0.3, -0.25) is 0 Å². The van der Waals surface area contributed by atoms with Gasteiger partial charge in [-0.2, -0.15) is 0 Å². The van der Waals surface area contributed by atoms with Gasteiger partial charge in [0.25, 0.3) is 0 Å². The van der Waals surface area contributed by atoms with Gasteiger partial charge in [0, 0.05) is 5.69 Å². The van der Waals surface area contributed by atoms with Crippen molar-refractivity contribution in [3.63, 3.8) is 0 Å². The van der Waals surface area contributed by atoms with Gasteiger partial charge in [-0.05, 0) is 53.5 Å². The Morgan fingerprint density at radius 1 is 1.00 bits per heavy atom. The molecule has 0 heterocycles. The van der Waals surface area contributed by atoms with E-state index >= 15 is 0 Å². The van der Waals surface area contributed by atoms with Crippen LogP contribution < -0.4 is 9.61 Å². The molecule has 0 spiro atoms. The lowest BCUT2D eigenvalue weighted by Crippen LogP contribution is -2.16. The van der Waals surface area contributed by atoms with Gasteiger partial charge in [-0.15, -0.1) is 0 Å². The Labute approximate surface area is 163 Å². The van der Waals surface area contributed by atoms with Crippen LogP contribution in [0.4, 0.5) is 5.69 Å². The molecule has 3 nitrogen and oxygen atoms in total. The van der Waals surface area contributed by atoms with Gasteiger partial charge in [0.05, 0.1) is 0 Å². The van der Waals surface area contributed by atoms with Gasteiger partial charge < -0.3 is 14.5 Å². The van der Waals surface area contributed by atoms with Crippen molar-refractivity contribution in [2.24, 2.45) is 0 Å². The Morgan fingerprint density at radius 2 is 1.65 bits per heavy atom. The van der Waals surface area contributed by atoms with E-state index in [1.54, 1.807) is 0 Å². The van der Waals surface area contributed by atoms with Crippen molar-refractivity contribution >= 4 is 24.1 Å². The van der Waals surface area contributed by atoms with E-state index in [0.29, 0.717) is 5.75 Å². The molecule has 0 bridgehead atoms. The molecule has 0 aromatic heterocycles. The molecule has 0 aliphatic carbocycles. The van der Waals surface area contributed by atoms with E-state index in [1.165, 1.54) is 37.7 Å². The van der Waals surface area contributed by atoms with Crippen LogP contribution >= 0.6 is 6.64 Å². The zero-order chi connectivity index (χ0) is 19.0. The number of unbranched alkanes of at least 4 members (excludes halogenated alkanes) is 3. The maximum Gasteiger partial charge on any atom is 0.336 e. The van der Waals surface area contributed by atoms with Crippen LogP contribution in [-0.2, 0) is 17.2 Å². The molecule has 0 saturated heterocycles. The first-order valence-electron chi connectivity index (χ1n) is 9.29. The summed E-state index contributed by atoms with van der Waals surface area (Å²) in [5.41, 5.74) is 2.17. The molecule has 2 aromatic carbocycles. The highest BCUT2D eigenvalue weighted by atomic mass is 32.5. The van der Waals surface area contributed by atoms with Gasteiger partial charge in [0.1, 0.15) is 5.75 Å². The van der Waals surface area contributed by atoms with Crippen molar-refractivity contribution < 1.29 is 9.42 Å². The van der Waals surface area contributed by atoms with E-state index in [0.717, 1.165) is 5.69 Å². The quantitative estimate of drug-likeness (QED) is 0.352. The highest BCUT2D eigenvalue weighted by molar-refractivity contribution is 8.10. The van der Waals surface area contributed by atoms with Crippen LogP contribution in [0.15, 0.2) is 54.6 Å². The first-order valence-corrected chi connectivity index (χ1v) is 12.0. The molecular formula is C21H30NO2PS. The average molecular weight is 392 g/mol. The van der Waals surface area contributed by atoms with Crippen LogP contribution in [0.5, 0.6) is 5.75 Å². The van der Waals surface area contributed by atoms with E-state index in [1.807, 2.05) is 42.5 Å². The highest BCUT2D eigenvalue weighted by Crippen LogP contribution is 2.43. The molecule has 142 valence electrons. The largest absolute Gasteiger partial charge is 0.429 e. The molecule has 0 amide bonds. The van der Waals surface area contributed by atoms with E-state index in [2.05, 4.69) is 38.0 Å². The zero-order valence-electron chi connectivity index (χ0n) is 15.9. The monoisotopic (exact) mass is 391 g/mol. The lowest BCUT2D eigenvalue weighted by atomic mass is 9.80. The maximum atomic E-state index is 10.4. The van der Waals surface area contributed by atoms with Gasteiger partial charge >= 0.3 is 6.64 Å². The smallest absolute Gasteiger partial charge is 0.336 e. The molecule has 0 radical (unpaired) electrons. The molecular weight excluding hydrogens is 361 g/mol. The van der Waals surface area contributed by atoms with E-state index in [-0.39, 0.29) is 5.41 Å². The minimum absolute atomic E-state index is 0.133. The second kappa shape index (κ2) is 9.55. The summed E-state index contributed by atoms with van der Waals surface area (Å²) in [4.78, 5) is 10.4. The Kier molecular flexibility index (Phi) is 7.69. The minimum Gasteiger partial charge on any atom is -0.429 e. The third-order valence-electron chi connectivity index (χ3n) is 4.56. The second-order valence-corrected chi connectivity index (χ2v) is 10.2. The summed E-state index contributed by atoms with van der Waals surface area (Å²) in [5.74, 6) is 0.588. The summed E-state index contributed by atoms with van der Waals surface area (Å²) in [5, 5.41) is 2.91. The van der Waals surface area contributed by atoms with Crippen LogP contribution in [-0.4, -0.2) is 4.89 Å². The van der Waals surface area contributed by atoms with Crippen LogP contribution in [0.25, 0.3) is 0 Å². The molecule has 1 unspecified atom stereocenters. The Balaban J connectivity index is 1.96. The topological polar surface area (TPSA) is 41.5 Å². The van der Waals surface area contributed by atoms with Crippen molar-refractivity contribution in [1.29, 1.82) is 0 Å². The number of benzene rings is 2. The number of anilines is 1. The molecule has 26 heavy (non-hydrogen) atoms. The first kappa shape index (κ1) is 21.0. The highest BCUT2D eigenvalue weighted by Gasteiger charge is 2.21. The minimum atomic E-state index is -3.13. The second-order valence-electron chi connectivity index (χ2n) is 7.31. The fraction of sp³-hybridized carbons (Fsp3) is 0.429. The van der Waals surface area contributed by atoms with Crippen LogP contribution in [0.2, 0.25) is 0 Å². The van der Waals surface area contributed by atoms with Gasteiger partial charge in [-0.25, -0.2) is 0 Å². The standard InChI is InChI=1S/C21H30NO2PS/c1-4-5-6-10-17-21(2,3)18-13-15-20(16-14-18)24-25(23,26)22-19-11-8-7-9-12-19/h7-9,11-16H,4-6,10,17H2,1-3H3,(H2,22,23,26). The van der Waals surface area contributed by atoms with Crippen LogP contribution in [0, 0.1) is 0 Å². The number of hydrogen-bond donors (Lipinski definition) is 2. The van der Waals surface area contributed by atoms with Gasteiger partial charge in [-0.1, -0.05) is 76.8 Å². The number of hydrogen-bond acceptors (Lipinski definition) is 2. The van der Waals surface area contributed by atoms with E-state index in [9.17, 15) is 4.89 Å². The first-order chi connectivity index (χ1) is 12.3. The van der Waals surface area contributed by atoms with E-state index < -0.39 is 6.64 Å². The lowest BCUT2D eigenvalue weighted by molar-refractivity contribution is 0.445. The lowest BCUT2D eigenvalue weighted by Gasteiger charge is -2.26. The van der Waals surface area contributed by atoms with Crippen molar-refractivity contribution in [3.8, 4) is 5.75 Å². The Bertz CT molecular complexity index is 717. The molecule has 2 aromatic rings. The molecule has 2 N–H and O–H groups in total. The summed E-state index contributed by atoms with van der Waals surface area (Å²) < 4.78 is 5.66. The molecule has 0 saturated carbocycles. The Morgan fingerprint density at radius 3 is 2.27 bits per heavy atom. The average Bonchev–Trinajstić information content (AvgIpc) is 2.59. The summed E-state index contributed by atoms with van der Waals surface area (Å²) in [6.45, 7) is 3.66. The summed E-state index contributed by atoms with van der Waals surface area (Å²) >= 11 is 5.23. The summed E-state index contributed by atoms with van der Waals surface area (Å²) in [6, 6.07) is 17.3. The van der Waals surface area contributed by atoms with Gasteiger partial charge in [0.15, 0.2) is 0 Å². The van der Waals surface area contributed by atoms with Crippen molar-refractivity contribution in [3.05, 3.63) is 60.2 Å². The summed E-state index contributed by atoms with van der Waals surface area (Å²) in [7, 11) is 0. The predicted octanol–water partition coefficient (Wildman–Crippen LogP) is 6.64. The number of rotatable bonds is 10. The fourth-order valence-electron chi connectivity index (χ4n) is 2.95. The Hall–Kier alpha value is -1.35. The molecule has 0 aliphatic rings. The van der Waals surface area contributed by atoms with Crippen molar-refractivity contribution in [2.45, 2.75) is 58.3 Å². The van der Waals surface area contributed by atoms with E-state index in [4.69, 9.17) is 16.3 Å². The molecule has 5 heteroatoms. The van der Waals surface area contributed by atoms with Gasteiger partial charge in [0.2, 0.25) is 0 Å². The number of nitrogens with one attached hydrogen (secondary N) is 1. The van der Waals surface area contributed by atoms with Crippen molar-refractivity contribution in [2.75, 3.05) is 5.09 Å². The molecule has 0 fully saturated rings. The maximum absolute atomic E-state index is 10.4. The fourth-order valence-corrected chi connectivity index (χ4v) is 4.45. The molecule has 0 aliphatic heterocycles. The normalized spacial score (nSPS) is 13.8.